The van der Waals surface area contributed by atoms with Crippen molar-refractivity contribution in [2.45, 2.75) is 11.8 Å². The molecular weight excluding hydrogens is 248 g/mol. The van der Waals surface area contributed by atoms with Gasteiger partial charge >= 0.3 is 0 Å². The van der Waals surface area contributed by atoms with Crippen molar-refractivity contribution in [3.05, 3.63) is 35.4 Å². The van der Waals surface area contributed by atoms with Crippen LogP contribution in [0.1, 0.15) is 11.1 Å². The Hall–Kier alpha value is -2.43. The highest BCUT2D eigenvalue weighted by Gasteiger charge is 2.61. The van der Waals surface area contributed by atoms with E-state index in [0.29, 0.717) is 5.56 Å². The molecule has 0 spiro atoms. The predicted molar refractivity (Wildman–Crippen MR) is 63.5 cm³/mol. The van der Waals surface area contributed by atoms with Crippen molar-refractivity contribution in [2.75, 3.05) is 0 Å². The van der Waals surface area contributed by atoms with Gasteiger partial charge in [-0.1, -0.05) is 24.3 Å². The molecule has 0 bridgehead atoms. The summed E-state index contributed by atoms with van der Waals surface area (Å²) in [6.07, 6.45) is 0.455. The van der Waals surface area contributed by atoms with Crippen LogP contribution in [0.3, 0.4) is 0 Å². The van der Waals surface area contributed by atoms with E-state index >= 15 is 0 Å². The van der Waals surface area contributed by atoms with Gasteiger partial charge in [-0.3, -0.25) is 4.79 Å². The molecule has 0 radical (unpaired) electrons. The minimum absolute atomic E-state index is 0.0983. The zero-order chi connectivity index (χ0) is 14.1. The molecular formula is C14H10O5. The molecule has 0 saturated carbocycles. The average Bonchev–Trinajstić information content (AvgIpc) is 2.46. The van der Waals surface area contributed by atoms with Crippen molar-refractivity contribution in [1.29, 1.82) is 0 Å². The highest BCUT2D eigenvalue weighted by Crippen LogP contribution is 2.43. The van der Waals surface area contributed by atoms with Crippen LogP contribution in [-0.2, 0) is 35.8 Å². The Kier molecular flexibility index (Phi) is 2.98. The summed E-state index contributed by atoms with van der Waals surface area (Å²) in [5.41, 5.74) is -3.61. The van der Waals surface area contributed by atoms with Crippen LogP contribution in [0.25, 0.3) is 0 Å². The van der Waals surface area contributed by atoms with Gasteiger partial charge in [0, 0.05) is 6.42 Å². The number of carbonyl (C=O) groups is 5. The van der Waals surface area contributed by atoms with Crippen LogP contribution >= 0.6 is 0 Å². The third kappa shape index (κ3) is 1.38. The van der Waals surface area contributed by atoms with Gasteiger partial charge < -0.3 is 19.2 Å². The molecule has 0 heterocycles. The monoisotopic (exact) mass is 258 g/mol. The Labute approximate surface area is 108 Å². The SMILES string of the molecule is O=CC1(C=O)C(=O)Cc2ccccc2C1(C=O)C=O. The normalized spacial score (nSPS) is 19.1. The molecule has 0 saturated heterocycles. The van der Waals surface area contributed by atoms with Gasteiger partial charge in [-0.15, -0.1) is 0 Å². The van der Waals surface area contributed by atoms with E-state index in [4.69, 9.17) is 0 Å². The number of hydrogen-bond acceptors (Lipinski definition) is 5. The highest BCUT2D eigenvalue weighted by atomic mass is 16.2. The molecule has 1 aromatic carbocycles. The Balaban J connectivity index is 2.90. The first-order valence-corrected chi connectivity index (χ1v) is 5.59. The maximum absolute atomic E-state index is 12.1. The van der Waals surface area contributed by atoms with Crippen LogP contribution < -0.4 is 0 Å². The first kappa shape index (κ1) is 13.0. The second-order valence-corrected chi connectivity index (χ2v) is 4.47. The fourth-order valence-corrected chi connectivity index (χ4v) is 2.55. The van der Waals surface area contributed by atoms with Gasteiger partial charge in [-0.25, -0.2) is 0 Å². The zero-order valence-electron chi connectivity index (χ0n) is 9.87. The number of aldehydes is 4. The van der Waals surface area contributed by atoms with Gasteiger partial charge in [0.15, 0.2) is 11.2 Å². The van der Waals surface area contributed by atoms with Crippen LogP contribution in [0.2, 0.25) is 0 Å². The Bertz CT molecular complexity index is 571. The molecule has 0 atom stereocenters. The molecule has 19 heavy (non-hydrogen) atoms. The number of ketones is 1. The Morgan fingerprint density at radius 3 is 1.89 bits per heavy atom. The second-order valence-electron chi connectivity index (χ2n) is 4.47. The molecule has 0 N–H and O–H groups in total. The number of carbonyl (C=O) groups excluding carboxylic acids is 5. The van der Waals surface area contributed by atoms with E-state index in [-0.39, 0.29) is 37.1 Å². The molecule has 0 fully saturated rings. The Morgan fingerprint density at radius 2 is 1.37 bits per heavy atom. The van der Waals surface area contributed by atoms with Crippen molar-refractivity contribution in [2.24, 2.45) is 5.41 Å². The van der Waals surface area contributed by atoms with E-state index in [2.05, 4.69) is 0 Å². The maximum atomic E-state index is 12.1. The first-order valence-electron chi connectivity index (χ1n) is 5.59. The van der Waals surface area contributed by atoms with E-state index in [1.807, 2.05) is 0 Å². The fraction of sp³-hybridized carbons (Fsp3) is 0.214. The lowest BCUT2D eigenvalue weighted by atomic mass is 9.55. The van der Waals surface area contributed by atoms with Crippen molar-refractivity contribution < 1.29 is 24.0 Å². The first-order chi connectivity index (χ1) is 9.11. The topological polar surface area (TPSA) is 85.3 Å². The summed E-state index contributed by atoms with van der Waals surface area (Å²) in [5, 5.41) is 0. The van der Waals surface area contributed by atoms with Crippen LogP contribution in [-0.4, -0.2) is 30.9 Å². The lowest BCUT2D eigenvalue weighted by Crippen LogP contribution is -2.59. The summed E-state index contributed by atoms with van der Waals surface area (Å²) >= 11 is 0. The van der Waals surface area contributed by atoms with E-state index in [0.717, 1.165) is 0 Å². The number of fused-ring (bicyclic) bond motifs is 1. The summed E-state index contributed by atoms with van der Waals surface area (Å²) in [6, 6.07) is 6.30. The highest BCUT2D eigenvalue weighted by molar-refractivity contribution is 6.22. The van der Waals surface area contributed by atoms with Crippen LogP contribution in [0, 0.1) is 5.41 Å². The molecule has 2 rings (SSSR count). The molecule has 5 nitrogen and oxygen atoms in total. The summed E-state index contributed by atoms with van der Waals surface area (Å²) in [5.74, 6) is -0.740. The summed E-state index contributed by atoms with van der Waals surface area (Å²) < 4.78 is 0. The number of benzene rings is 1. The smallest absolute Gasteiger partial charge is 0.162 e. The van der Waals surface area contributed by atoms with E-state index in [1.165, 1.54) is 6.07 Å². The molecule has 0 amide bonds. The fourth-order valence-electron chi connectivity index (χ4n) is 2.55. The molecule has 0 aromatic heterocycles. The van der Waals surface area contributed by atoms with E-state index < -0.39 is 16.6 Å². The third-order valence-corrected chi connectivity index (χ3v) is 3.70. The minimum Gasteiger partial charge on any atom is -0.302 e. The van der Waals surface area contributed by atoms with Gasteiger partial charge in [0.2, 0.25) is 0 Å². The number of Topliss-reactive ketones (excluding diaryl/α,β-unsaturated/α-hetero) is 1. The van der Waals surface area contributed by atoms with Gasteiger partial charge in [-0.2, -0.15) is 0 Å². The van der Waals surface area contributed by atoms with Crippen molar-refractivity contribution >= 4 is 30.9 Å². The lowest BCUT2D eigenvalue weighted by Gasteiger charge is -2.39. The van der Waals surface area contributed by atoms with Crippen LogP contribution in [0.15, 0.2) is 24.3 Å². The van der Waals surface area contributed by atoms with Crippen molar-refractivity contribution in [3.8, 4) is 0 Å². The van der Waals surface area contributed by atoms with E-state index in [9.17, 15) is 24.0 Å². The molecule has 1 aliphatic carbocycles. The zero-order valence-corrected chi connectivity index (χ0v) is 9.87. The quantitative estimate of drug-likeness (QED) is 0.553. The van der Waals surface area contributed by atoms with Gasteiger partial charge in [0.25, 0.3) is 0 Å². The minimum atomic E-state index is -2.26. The van der Waals surface area contributed by atoms with Gasteiger partial charge in [0.05, 0.1) is 0 Å². The molecule has 1 aliphatic rings. The number of hydrogen-bond donors (Lipinski definition) is 0. The van der Waals surface area contributed by atoms with E-state index in [1.54, 1.807) is 18.2 Å². The number of rotatable bonds is 4. The van der Waals surface area contributed by atoms with Crippen molar-refractivity contribution in [1.82, 2.24) is 0 Å². The molecule has 96 valence electrons. The van der Waals surface area contributed by atoms with Crippen molar-refractivity contribution in [3.63, 3.8) is 0 Å². The van der Waals surface area contributed by atoms with Gasteiger partial charge in [0.1, 0.15) is 30.6 Å². The molecule has 0 unspecified atom stereocenters. The Morgan fingerprint density at radius 1 is 0.842 bits per heavy atom. The summed E-state index contributed by atoms with van der Waals surface area (Å²) in [7, 11) is 0. The predicted octanol–water partition coefficient (Wildman–Crippen LogP) is -0.168. The largest absolute Gasteiger partial charge is 0.302 e. The standard InChI is InChI=1S/C14H10O5/c15-6-13(7-16)11-4-2-1-3-10(11)5-12(19)14(13,8-17)9-18/h1-4,6-9H,5H2. The molecule has 0 aliphatic heterocycles. The average molecular weight is 258 g/mol. The van der Waals surface area contributed by atoms with Crippen LogP contribution in [0.5, 0.6) is 0 Å². The lowest BCUT2D eigenvalue weighted by molar-refractivity contribution is -0.151. The van der Waals surface area contributed by atoms with Crippen LogP contribution in [0.4, 0.5) is 0 Å². The summed E-state index contributed by atoms with van der Waals surface area (Å²) in [4.78, 5) is 57.6. The maximum Gasteiger partial charge on any atom is 0.162 e. The third-order valence-electron chi connectivity index (χ3n) is 3.70. The van der Waals surface area contributed by atoms with Gasteiger partial charge in [-0.05, 0) is 11.1 Å². The molecule has 1 aromatic rings. The molecule has 5 heteroatoms. The second kappa shape index (κ2) is 4.35. The summed E-state index contributed by atoms with van der Waals surface area (Å²) in [6.45, 7) is 0.